The fourth-order valence-electron chi connectivity index (χ4n) is 4.43. The summed E-state index contributed by atoms with van der Waals surface area (Å²) < 4.78 is 39.4. The zero-order valence-electron chi connectivity index (χ0n) is 19.7. The lowest BCUT2D eigenvalue weighted by atomic mass is 10.1. The van der Waals surface area contributed by atoms with Crippen molar-refractivity contribution >= 4 is 15.9 Å². The van der Waals surface area contributed by atoms with Gasteiger partial charge in [-0.1, -0.05) is 30.7 Å². The Morgan fingerprint density at radius 2 is 1.74 bits per heavy atom. The summed E-state index contributed by atoms with van der Waals surface area (Å²) in [5.41, 5.74) is 2.31. The zero-order chi connectivity index (χ0) is 24.0. The van der Waals surface area contributed by atoms with Gasteiger partial charge in [-0.05, 0) is 55.3 Å². The minimum absolute atomic E-state index is 0.0365. The number of likely N-dealkylation sites (tertiary alicyclic amines) is 1. The number of sulfonamides is 1. The van der Waals surface area contributed by atoms with Gasteiger partial charge in [0.1, 0.15) is 5.75 Å². The summed E-state index contributed by atoms with van der Waals surface area (Å²) in [7, 11) is -2.35. The number of carbonyl (C=O) groups is 1. The van der Waals surface area contributed by atoms with Crippen LogP contribution in [0.15, 0.2) is 47.4 Å². The fraction of sp³-hybridized carbons (Fsp3) is 0.480. The number of hydrogen-bond acceptors (Lipinski definition) is 6. The minimum Gasteiger partial charge on any atom is -0.496 e. The number of amides is 1. The van der Waals surface area contributed by atoms with E-state index in [0.29, 0.717) is 32.1 Å². The molecule has 2 saturated heterocycles. The van der Waals surface area contributed by atoms with Gasteiger partial charge < -0.3 is 14.4 Å². The first-order valence-corrected chi connectivity index (χ1v) is 13.3. The average Bonchev–Trinajstić information content (AvgIpc) is 2.88. The zero-order valence-corrected chi connectivity index (χ0v) is 20.5. The molecule has 1 amide bonds. The smallest absolute Gasteiger partial charge is 0.257 e. The summed E-state index contributed by atoms with van der Waals surface area (Å²) in [6.07, 6.45) is 3.76. The third-order valence-electron chi connectivity index (χ3n) is 6.32. The van der Waals surface area contributed by atoms with E-state index in [4.69, 9.17) is 9.47 Å². The van der Waals surface area contributed by atoms with Crippen molar-refractivity contribution in [1.29, 1.82) is 0 Å². The van der Waals surface area contributed by atoms with Crippen LogP contribution in [0.5, 0.6) is 5.75 Å². The molecule has 0 bridgehead atoms. The van der Waals surface area contributed by atoms with Crippen LogP contribution in [-0.2, 0) is 27.8 Å². The average molecular weight is 488 g/mol. The van der Waals surface area contributed by atoms with Crippen molar-refractivity contribution in [2.45, 2.75) is 37.2 Å². The predicted octanol–water partition coefficient (Wildman–Crippen LogP) is 2.63. The Hall–Kier alpha value is -2.46. The Bertz CT molecular complexity index is 1090. The molecular weight excluding hydrogens is 454 g/mol. The molecule has 0 aromatic heterocycles. The van der Waals surface area contributed by atoms with E-state index >= 15 is 0 Å². The van der Waals surface area contributed by atoms with Crippen LogP contribution in [0.2, 0.25) is 0 Å². The number of carbonyl (C=O) groups excluding carboxylic acids is 1. The van der Waals surface area contributed by atoms with Crippen LogP contribution >= 0.6 is 0 Å². The second kappa shape index (κ2) is 11.3. The lowest BCUT2D eigenvalue weighted by Crippen LogP contribution is -2.40. The van der Waals surface area contributed by atoms with Crippen molar-refractivity contribution in [3.05, 3.63) is 59.2 Å². The maximum Gasteiger partial charge on any atom is 0.257 e. The number of nitrogens with one attached hydrogen (secondary N) is 1. The van der Waals surface area contributed by atoms with Gasteiger partial charge in [-0.15, -0.1) is 0 Å². The number of methoxy groups -OCH3 is 1. The van der Waals surface area contributed by atoms with E-state index in [1.807, 2.05) is 12.1 Å². The molecule has 2 aromatic carbocycles. The molecule has 0 radical (unpaired) electrons. The Kier molecular flexibility index (Phi) is 8.20. The van der Waals surface area contributed by atoms with E-state index in [0.717, 1.165) is 25.2 Å². The van der Waals surface area contributed by atoms with E-state index in [-0.39, 0.29) is 22.9 Å². The number of piperidine rings is 1. The Labute approximate surface area is 201 Å². The van der Waals surface area contributed by atoms with E-state index in [2.05, 4.69) is 21.8 Å². The molecule has 2 aliphatic heterocycles. The van der Waals surface area contributed by atoms with Gasteiger partial charge in [0.2, 0.25) is 10.0 Å². The summed E-state index contributed by atoms with van der Waals surface area (Å²) in [4.78, 5) is 17.1. The number of benzene rings is 2. The standard InChI is InChI=1S/C25H33N3O5S/c1-32-24-9-8-22(17-23(24)25(29)28-12-14-33-15-13-28)34(30,31)26-18-20-6-5-7-21(16-20)19-27-10-3-2-4-11-27/h5-9,16-17,26H,2-4,10-15,18-19H2,1H3. The molecule has 0 saturated carbocycles. The molecule has 0 unspecified atom stereocenters. The molecule has 0 spiro atoms. The van der Waals surface area contributed by atoms with E-state index < -0.39 is 10.0 Å². The second-order valence-electron chi connectivity index (χ2n) is 8.75. The van der Waals surface area contributed by atoms with Gasteiger partial charge in [0.15, 0.2) is 0 Å². The number of ether oxygens (including phenoxy) is 2. The number of hydrogen-bond donors (Lipinski definition) is 1. The number of nitrogens with zero attached hydrogens (tertiary/aromatic N) is 2. The highest BCUT2D eigenvalue weighted by atomic mass is 32.2. The SMILES string of the molecule is COc1ccc(S(=O)(=O)NCc2cccc(CN3CCCCC3)c2)cc1C(=O)N1CCOCC1. The Morgan fingerprint density at radius 3 is 2.47 bits per heavy atom. The van der Waals surface area contributed by atoms with E-state index in [1.165, 1.54) is 50.1 Å². The van der Waals surface area contributed by atoms with Crippen molar-refractivity contribution in [2.75, 3.05) is 46.5 Å². The molecular formula is C25H33N3O5S. The lowest BCUT2D eigenvalue weighted by Gasteiger charge is -2.27. The summed E-state index contributed by atoms with van der Waals surface area (Å²) in [5, 5.41) is 0. The first kappa shape index (κ1) is 24.7. The highest BCUT2D eigenvalue weighted by Gasteiger charge is 2.24. The topological polar surface area (TPSA) is 88.2 Å². The molecule has 2 aliphatic rings. The first-order valence-electron chi connectivity index (χ1n) is 11.8. The van der Waals surface area contributed by atoms with Crippen molar-refractivity contribution < 1.29 is 22.7 Å². The van der Waals surface area contributed by atoms with Gasteiger partial charge in [-0.3, -0.25) is 9.69 Å². The van der Waals surface area contributed by atoms with Crippen molar-refractivity contribution in [3.8, 4) is 5.75 Å². The molecule has 4 rings (SSSR count). The number of morpholine rings is 1. The molecule has 1 N–H and O–H groups in total. The normalized spacial score (nSPS) is 17.5. The third-order valence-corrected chi connectivity index (χ3v) is 7.72. The van der Waals surface area contributed by atoms with Crippen molar-refractivity contribution in [3.63, 3.8) is 0 Å². The van der Waals surface area contributed by atoms with Gasteiger partial charge in [-0.25, -0.2) is 13.1 Å². The van der Waals surface area contributed by atoms with Gasteiger partial charge >= 0.3 is 0 Å². The Morgan fingerprint density at radius 1 is 1.00 bits per heavy atom. The van der Waals surface area contributed by atoms with Crippen molar-refractivity contribution in [1.82, 2.24) is 14.5 Å². The molecule has 2 heterocycles. The van der Waals surface area contributed by atoms with Crippen molar-refractivity contribution in [2.24, 2.45) is 0 Å². The van der Waals surface area contributed by atoms with Crippen LogP contribution in [0.1, 0.15) is 40.7 Å². The van der Waals surface area contributed by atoms with Gasteiger partial charge in [-0.2, -0.15) is 0 Å². The fourth-order valence-corrected chi connectivity index (χ4v) is 5.48. The molecule has 9 heteroatoms. The van der Waals surface area contributed by atoms with Gasteiger partial charge in [0.05, 0.1) is 30.8 Å². The third kappa shape index (κ3) is 6.15. The molecule has 0 atom stereocenters. The highest BCUT2D eigenvalue weighted by Crippen LogP contribution is 2.25. The Balaban J connectivity index is 1.46. The van der Waals surface area contributed by atoms with Gasteiger partial charge in [0.25, 0.3) is 5.91 Å². The van der Waals surface area contributed by atoms with E-state index in [9.17, 15) is 13.2 Å². The lowest BCUT2D eigenvalue weighted by molar-refractivity contribution is 0.0300. The molecule has 8 nitrogen and oxygen atoms in total. The molecule has 2 aromatic rings. The first-order chi connectivity index (χ1) is 16.5. The monoisotopic (exact) mass is 487 g/mol. The molecule has 2 fully saturated rings. The minimum atomic E-state index is -3.82. The quantitative estimate of drug-likeness (QED) is 0.616. The van der Waals surface area contributed by atoms with Crippen LogP contribution in [0.4, 0.5) is 0 Å². The van der Waals surface area contributed by atoms with Crippen LogP contribution in [0.3, 0.4) is 0 Å². The molecule has 0 aliphatic carbocycles. The predicted molar refractivity (Wildman–Crippen MR) is 129 cm³/mol. The summed E-state index contributed by atoms with van der Waals surface area (Å²) >= 11 is 0. The summed E-state index contributed by atoms with van der Waals surface area (Å²) in [6, 6.07) is 12.4. The highest BCUT2D eigenvalue weighted by molar-refractivity contribution is 7.89. The van der Waals surface area contributed by atoms with Crippen LogP contribution in [-0.4, -0.2) is 70.6 Å². The van der Waals surface area contributed by atoms with E-state index in [1.54, 1.807) is 4.90 Å². The summed E-state index contributed by atoms with van der Waals surface area (Å²) in [6.45, 7) is 5.13. The molecule has 34 heavy (non-hydrogen) atoms. The van der Waals surface area contributed by atoms with Crippen LogP contribution in [0.25, 0.3) is 0 Å². The van der Waals surface area contributed by atoms with Crippen LogP contribution < -0.4 is 9.46 Å². The maximum atomic E-state index is 13.1. The van der Waals surface area contributed by atoms with Crippen LogP contribution in [0, 0.1) is 0 Å². The summed E-state index contributed by atoms with van der Waals surface area (Å²) in [5.74, 6) is 0.0865. The van der Waals surface area contributed by atoms with Gasteiger partial charge in [0, 0.05) is 26.2 Å². The second-order valence-corrected chi connectivity index (χ2v) is 10.5. The maximum absolute atomic E-state index is 13.1. The number of rotatable bonds is 8. The molecule has 184 valence electrons. The largest absolute Gasteiger partial charge is 0.496 e.